The second-order valence-electron chi connectivity index (χ2n) is 8.35. The van der Waals surface area contributed by atoms with Gasteiger partial charge in [-0.25, -0.2) is 9.69 Å². The van der Waals surface area contributed by atoms with Gasteiger partial charge in [0.25, 0.3) is 17.7 Å². The molecule has 0 radical (unpaired) electrons. The number of ether oxygens (including phenoxy) is 3. The van der Waals surface area contributed by atoms with Gasteiger partial charge in [0.15, 0.2) is 18.1 Å². The highest BCUT2D eigenvalue weighted by Gasteiger charge is 2.37. The Bertz CT molecular complexity index is 1460. The number of carbonyl (C=O) groups excluding carboxylic acids is 4. The molecular weight excluding hydrogens is 582 g/mol. The third-order valence-electron chi connectivity index (χ3n) is 5.56. The third kappa shape index (κ3) is 6.67. The van der Waals surface area contributed by atoms with Crippen molar-refractivity contribution in [3.63, 3.8) is 0 Å². The SMILES string of the molecule is CCOc1ccc(N2C(=O)NC(=O)/C(=C\c3cc(Br)c(OCC(=O)Nc4ccccc4)c(OCC)c3)C2=O)cc1. The van der Waals surface area contributed by atoms with Crippen molar-refractivity contribution in [3.05, 3.63) is 82.3 Å². The minimum absolute atomic E-state index is 0.251. The molecule has 11 heteroatoms. The van der Waals surface area contributed by atoms with Crippen LogP contribution in [-0.4, -0.2) is 43.6 Å². The van der Waals surface area contributed by atoms with E-state index in [0.29, 0.717) is 40.4 Å². The van der Waals surface area contributed by atoms with E-state index in [2.05, 4.69) is 26.6 Å². The van der Waals surface area contributed by atoms with Crippen molar-refractivity contribution >= 4 is 57.1 Å². The maximum Gasteiger partial charge on any atom is 0.335 e. The highest BCUT2D eigenvalue weighted by molar-refractivity contribution is 9.10. The predicted molar refractivity (Wildman–Crippen MR) is 152 cm³/mol. The van der Waals surface area contributed by atoms with E-state index in [0.717, 1.165) is 4.90 Å². The van der Waals surface area contributed by atoms with Gasteiger partial charge in [-0.2, -0.15) is 0 Å². The van der Waals surface area contributed by atoms with Gasteiger partial charge >= 0.3 is 6.03 Å². The van der Waals surface area contributed by atoms with Crippen molar-refractivity contribution in [2.45, 2.75) is 13.8 Å². The Hall–Kier alpha value is -4.64. The lowest BCUT2D eigenvalue weighted by molar-refractivity contribution is -0.122. The van der Waals surface area contributed by atoms with Crippen LogP contribution < -0.4 is 29.7 Å². The second kappa shape index (κ2) is 12.9. The van der Waals surface area contributed by atoms with Crippen LogP contribution >= 0.6 is 15.9 Å². The van der Waals surface area contributed by atoms with Gasteiger partial charge < -0.3 is 19.5 Å². The number of hydrogen-bond donors (Lipinski definition) is 2. The first-order chi connectivity index (χ1) is 19.3. The standard InChI is InChI=1S/C29H26BrN3O7/c1-3-38-21-12-10-20(11-13-21)33-28(36)22(27(35)32-29(33)37)14-18-15-23(30)26(24(16-18)39-4-2)40-17-25(34)31-19-8-6-5-7-9-19/h5-16H,3-4,17H2,1-2H3,(H,31,34)(H,32,35,37)/b22-14+. The number of para-hydroxylation sites is 1. The number of rotatable bonds is 10. The molecule has 40 heavy (non-hydrogen) atoms. The zero-order valence-corrected chi connectivity index (χ0v) is 23.3. The van der Waals surface area contributed by atoms with Crippen molar-refractivity contribution in [1.82, 2.24) is 5.32 Å². The Kier molecular flexibility index (Phi) is 9.18. The number of benzene rings is 3. The number of anilines is 2. The largest absolute Gasteiger partial charge is 0.494 e. The van der Waals surface area contributed by atoms with Crippen molar-refractivity contribution in [2.75, 3.05) is 30.0 Å². The summed E-state index contributed by atoms with van der Waals surface area (Å²) in [7, 11) is 0. The van der Waals surface area contributed by atoms with Crippen molar-refractivity contribution < 1.29 is 33.4 Å². The zero-order chi connectivity index (χ0) is 28.6. The molecule has 0 spiro atoms. The Labute approximate surface area is 239 Å². The minimum atomic E-state index is -0.856. The van der Waals surface area contributed by atoms with Crippen molar-refractivity contribution in [2.24, 2.45) is 0 Å². The molecule has 2 N–H and O–H groups in total. The average molecular weight is 608 g/mol. The normalized spacial score (nSPS) is 14.1. The van der Waals surface area contributed by atoms with Crippen LogP contribution in [0.4, 0.5) is 16.2 Å². The Morgan fingerprint density at radius 1 is 0.950 bits per heavy atom. The van der Waals surface area contributed by atoms with Gasteiger partial charge in [-0.1, -0.05) is 18.2 Å². The average Bonchev–Trinajstić information content (AvgIpc) is 2.92. The number of hydrogen-bond acceptors (Lipinski definition) is 7. The molecule has 10 nitrogen and oxygen atoms in total. The molecule has 1 fully saturated rings. The Morgan fingerprint density at radius 3 is 2.33 bits per heavy atom. The summed E-state index contributed by atoms with van der Waals surface area (Å²) < 4.78 is 17.3. The molecule has 4 rings (SSSR count). The number of carbonyl (C=O) groups is 4. The summed E-state index contributed by atoms with van der Waals surface area (Å²) in [5, 5.41) is 4.94. The van der Waals surface area contributed by atoms with E-state index in [1.807, 2.05) is 13.0 Å². The first-order valence-electron chi connectivity index (χ1n) is 12.4. The summed E-state index contributed by atoms with van der Waals surface area (Å²) in [6.45, 7) is 4.10. The number of imide groups is 2. The number of urea groups is 1. The molecule has 0 atom stereocenters. The van der Waals surface area contributed by atoms with Crippen LogP contribution in [0.1, 0.15) is 19.4 Å². The lowest BCUT2D eigenvalue weighted by Crippen LogP contribution is -2.54. The van der Waals surface area contributed by atoms with Gasteiger partial charge in [-0.3, -0.25) is 19.7 Å². The lowest BCUT2D eigenvalue weighted by atomic mass is 10.1. The smallest absolute Gasteiger partial charge is 0.335 e. The monoisotopic (exact) mass is 607 g/mol. The number of nitrogens with zero attached hydrogens (tertiary/aromatic N) is 1. The summed E-state index contributed by atoms with van der Waals surface area (Å²) in [4.78, 5) is 51.7. The van der Waals surface area contributed by atoms with Crippen LogP contribution in [-0.2, 0) is 14.4 Å². The first-order valence-corrected chi connectivity index (χ1v) is 13.2. The minimum Gasteiger partial charge on any atom is -0.494 e. The van der Waals surface area contributed by atoms with Crippen LogP contribution in [0.5, 0.6) is 17.2 Å². The molecule has 0 bridgehead atoms. The summed E-state index contributed by atoms with van der Waals surface area (Å²) in [5.74, 6) is -0.836. The van der Waals surface area contributed by atoms with E-state index in [1.165, 1.54) is 6.08 Å². The van der Waals surface area contributed by atoms with Crippen LogP contribution in [0.25, 0.3) is 6.08 Å². The maximum absolute atomic E-state index is 13.3. The fourth-order valence-electron chi connectivity index (χ4n) is 3.85. The lowest BCUT2D eigenvalue weighted by Gasteiger charge is -2.26. The highest BCUT2D eigenvalue weighted by Crippen LogP contribution is 2.38. The molecule has 0 unspecified atom stereocenters. The first kappa shape index (κ1) is 28.4. The molecule has 3 aromatic rings. The molecule has 1 heterocycles. The fraction of sp³-hybridized carbons (Fsp3) is 0.172. The molecule has 206 valence electrons. The predicted octanol–water partition coefficient (Wildman–Crippen LogP) is 4.93. The van der Waals surface area contributed by atoms with Crippen molar-refractivity contribution in [3.8, 4) is 17.2 Å². The molecule has 1 saturated heterocycles. The van der Waals surface area contributed by atoms with Gasteiger partial charge in [0.05, 0.1) is 23.4 Å². The second-order valence-corrected chi connectivity index (χ2v) is 9.20. The van der Waals surface area contributed by atoms with Gasteiger partial charge in [-0.15, -0.1) is 0 Å². The zero-order valence-electron chi connectivity index (χ0n) is 21.7. The molecule has 0 aliphatic carbocycles. The van der Waals surface area contributed by atoms with E-state index in [4.69, 9.17) is 14.2 Å². The number of nitrogens with one attached hydrogen (secondary N) is 2. The third-order valence-corrected chi connectivity index (χ3v) is 6.14. The van der Waals surface area contributed by atoms with E-state index in [-0.39, 0.29) is 29.5 Å². The van der Waals surface area contributed by atoms with Gasteiger partial charge in [-0.05, 0) is 89.9 Å². The van der Waals surface area contributed by atoms with Crippen LogP contribution in [0.15, 0.2) is 76.8 Å². The Balaban J connectivity index is 1.57. The molecule has 1 aliphatic rings. The van der Waals surface area contributed by atoms with E-state index in [1.54, 1.807) is 67.6 Å². The molecule has 5 amide bonds. The van der Waals surface area contributed by atoms with E-state index in [9.17, 15) is 19.2 Å². The maximum atomic E-state index is 13.3. The summed E-state index contributed by atoms with van der Waals surface area (Å²) in [6.07, 6.45) is 1.35. The Morgan fingerprint density at radius 2 is 1.65 bits per heavy atom. The number of amides is 5. The number of halogens is 1. The molecule has 1 aliphatic heterocycles. The van der Waals surface area contributed by atoms with Crippen LogP contribution in [0, 0.1) is 0 Å². The molecule has 0 aromatic heterocycles. The highest BCUT2D eigenvalue weighted by atomic mass is 79.9. The molecule has 3 aromatic carbocycles. The molecular formula is C29H26BrN3O7. The van der Waals surface area contributed by atoms with Gasteiger partial charge in [0, 0.05) is 5.69 Å². The number of barbiturate groups is 1. The summed E-state index contributed by atoms with van der Waals surface area (Å²) in [5.41, 5.74) is 1.09. The fourth-order valence-corrected chi connectivity index (χ4v) is 4.42. The van der Waals surface area contributed by atoms with E-state index < -0.39 is 17.8 Å². The molecule has 0 saturated carbocycles. The van der Waals surface area contributed by atoms with Crippen LogP contribution in [0.3, 0.4) is 0 Å². The van der Waals surface area contributed by atoms with Gasteiger partial charge in [0.1, 0.15) is 11.3 Å². The van der Waals surface area contributed by atoms with Gasteiger partial charge in [0.2, 0.25) is 0 Å². The van der Waals surface area contributed by atoms with Crippen molar-refractivity contribution in [1.29, 1.82) is 0 Å². The van der Waals surface area contributed by atoms with E-state index >= 15 is 0 Å². The van der Waals surface area contributed by atoms with Crippen LogP contribution in [0.2, 0.25) is 0 Å². The summed E-state index contributed by atoms with van der Waals surface area (Å²) in [6, 6.07) is 17.7. The summed E-state index contributed by atoms with van der Waals surface area (Å²) >= 11 is 3.43. The quantitative estimate of drug-likeness (QED) is 0.247. The topological polar surface area (TPSA) is 123 Å².